The number of allylic oxidation sites excluding steroid dienone is 1. The quantitative estimate of drug-likeness (QED) is 0.499. The molecule has 29 heavy (non-hydrogen) atoms. The molecule has 2 nitrogen and oxygen atoms in total. The van der Waals surface area contributed by atoms with E-state index in [0.29, 0.717) is 5.41 Å². The zero-order chi connectivity index (χ0) is 21.0. The number of rotatable bonds is 5. The van der Waals surface area contributed by atoms with Crippen LogP contribution in [-0.2, 0) is 19.3 Å². The zero-order valence-electron chi connectivity index (χ0n) is 18.6. The van der Waals surface area contributed by atoms with Crippen LogP contribution in [0.1, 0.15) is 56.5 Å². The van der Waals surface area contributed by atoms with Crippen LogP contribution in [0.5, 0.6) is 0 Å². The first-order valence-corrected chi connectivity index (χ1v) is 10.8. The van der Waals surface area contributed by atoms with E-state index in [-0.39, 0.29) is 0 Å². The second kappa shape index (κ2) is 8.82. The minimum absolute atomic E-state index is 0.391. The largest absolute Gasteiger partial charge is 0.359 e. The number of nitrogens with zero attached hydrogens (tertiary/aromatic N) is 1. The summed E-state index contributed by atoms with van der Waals surface area (Å²) in [5.41, 5.74) is 9.18. The van der Waals surface area contributed by atoms with Crippen molar-refractivity contribution in [2.75, 3.05) is 5.32 Å². The predicted octanol–water partition coefficient (Wildman–Crippen LogP) is 7.25. The highest BCUT2D eigenvalue weighted by Gasteiger charge is 2.29. The fraction of sp³-hybridized carbons (Fsp3) is 0.370. The van der Waals surface area contributed by atoms with Gasteiger partial charge in [-0.3, -0.25) is 4.98 Å². The van der Waals surface area contributed by atoms with Crippen molar-refractivity contribution in [3.63, 3.8) is 0 Å². The van der Waals surface area contributed by atoms with E-state index in [2.05, 4.69) is 79.3 Å². The topological polar surface area (TPSA) is 24.9 Å². The Morgan fingerprint density at radius 3 is 2.59 bits per heavy atom. The van der Waals surface area contributed by atoms with Gasteiger partial charge in [-0.15, -0.1) is 0 Å². The third kappa shape index (κ3) is 4.87. The van der Waals surface area contributed by atoms with E-state index in [9.17, 15) is 0 Å². The van der Waals surface area contributed by atoms with Crippen LogP contribution in [0.2, 0.25) is 0 Å². The average Bonchev–Trinajstić information content (AvgIpc) is 3.02. The highest BCUT2D eigenvalue weighted by Crippen LogP contribution is 2.38. The number of hydrogen-bond donors (Lipinski definition) is 1. The van der Waals surface area contributed by atoms with E-state index in [0.717, 1.165) is 40.8 Å². The minimum Gasteiger partial charge on any atom is -0.359 e. The standard InChI is InChI=1S/C25H28N2.C2H6/c1-17(26-23-9-6-10-24-21(23)14-12-18(2)27-24)11-13-19-7-5-8-20-15-25(3,4)16-22(19)20;1-2/h5-10,12,14,26H,1,11,13,15-16H2,2-4H3;1-2H3. The first-order valence-electron chi connectivity index (χ1n) is 10.8. The molecule has 1 aliphatic rings. The maximum Gasteiger partial charge on any atom is 0.0726 e. The fourth-order valence-corrected chi connectivity index (χ4v) is 4.28. The summed E-state index contributed by atoms with van der Waals surface area (Å²) in [7, 11) is 0. The van der Waals surface area contributed by atoms with Crippen LogP contribution in [0.4, 0.5) is 5.69 Å². The summed E-state index contributed by atoms with van der Waals surface area (Å²) in [5, 5.41) is 4.67. The third-order valence-corrected chi connectivity index (χ3v) is 5.57. The molecule has 0 saturated heterocycles. The summed E-state index contributed by atoms with van der Waals surface area (Å²) in [4.78, 5) is 4.62. The van der Waals surface area contributed by atoms with Gasteiger partial charge in [-0.2, -0.15) is 0 Å². The van der Waals surface area contributed by atoms with Gasteiger partial charge >= 0.3 is 0 Å². The normalized spacial score (nSPS) is 14.1. The van der Waals surface area contributed by atoms with Gasteiger partial charge in [0.15, 0.2) is 0 Å². The van der Waals surface area contributed by atoms with Crippen molar-refractivity contribution in [2.45, 2.75) is 60.3 Å². The molecule has 1 N–H and O–H groups in total. The van der Waals surface area contributed by atoms with Gasteiger partial charge in [-0.1, -0.05) is 58.5 Å². The molecule has 0 aliphatic heterocycles. The summed E-state index contributed by atoms with van der Waals surface area (Å²) in [6.45, 7) is 15.0. The van der Waals surface area contributed by atoms with Crippen molar-refractivity contribution in [3.05, 3.63) is 83.2 Å². The number of aryl methyl sites for hydroxylation is 2. The number of anilines is 1. The molecular formula is C27H34N2. The first-order chi connectivity index (χ1) is 13.9. The van der Waals surface area contributed by atoms with Gasteiger partial charge in [0.25, 0.3) is 0 Å². The monoisotopic (exact) mass is 386 g/mol. The van der Waals surface area contributed by atoms with E-state index in [4.69, 9.17) is 0 Å². The summed E-state index contributed by atoms with van der Waals surface area (Å²) < 4.78 is 0. The van der Waals surface area contributed by atoms with Gasteiger partial charge in [0.1, 0.15) is 0 Å². The number of pyridine rings is 1. The number of hydrogen-bond acceptors (Lipinski definition) is 2. The van der Waals surface area contributed by atoms with Crippen LogP contribution in [0.15, 0.2) is 60.8 Å². The summed E-state index contributed by atoms with van der Waals surface area (Å²) in [6, 6.07) is 17.2. The molecule has 3 aromatic rings. The number of benzene rings is 2. The zero-order valence-corrected chi connectivity index (χ0v) is 18.6. The molecule has 2 heteroatoms. The summed E-state index contributed by atoms with van der Waals surface area (Å²) in [6.07, 6.45) is 4.35. The maximum absolute atomic E-state index is 4.62. The van der Waals surface area contributed by atoms with Gasteiger partial charge < -0.3 is 5.32 Å². The second-order valence-corrected chi connectivity index (χ2v) is 8.63. The number of fused-ring (bicyclic) bond motifs is 2. The Morgan fingerprint density at radius 2 is 1.79 bits per heavy atom. The Labute approximate surface area is 176 Å². The first kappa shape index (κ1) is 21.1. The molecule has 152 valence electrons. The van der Waals surface area contributed by atoms with E-state index >= 15 is 0 Å². The van der Waals surface area contributed by atoms with Crippen molar-refractivity contribution < 1.29 is 0 Å². The average molecular weight is 387 g/mol. The highest BCUT2D eigenvalue weighted by molar-refractivity contribution is 5.92. The minimum atomic E-state index is 0.391. The molecule has 0 saturated carbocycles. The summed E-state index contributed by atoms with van der Waals surface area (Å²) >= 11 is 0. The van der Waals surface area contributed by atoms with E-state index in [1.54, 1.807) is 5.56 Å². The molecule has 0 amide bonds. The van der Waals surface area contributed by atoms with Crippen LogP contribution in [0.3, 0.4) is 0 Å². The van der Waals surface area contributed by atoms with Crippen molar-refractivity contribution in [1.29, 1.82) is 0 Å². The Hall–Kier alpha value is -2.61. The lowest BCUT2D eigenvalue weighted by molar-refractivity contribution is 0.392. The second-order valence-electron chi connectivity index (χ2n) is 8.63. The number of aromatic nitrogens is 1. The van der Waals surface area contributed by atoms with Crippen molar-refractivity contribution in [3.8, 4) is 0 Å². The van der Waals surface area contributed by atoms with Crippen LogP contribution >= 0.6 is 0 Å². The van der Waals surface area contributed by atoms with Gasteiger partial charge in [0.2, 0.25) is 0 Å². The molecular weight excluding hydrogens is 352 g/mol. The van der Waals surface area contributed by atoms with E-state index in [1.165, 1.54) is 24.0 Å². The fourth-order valence-electron chi connectivity index (χ4n) is 4.28. The lowest BCUT2D eigenvalue weighted by Gasteiger charge is -2.16. The van der Waals surface area contributed by atoms with E-state index in [1.807, 2.05) is 20.8 Å². The van der Waals surface area contributed by atoms with Crippen molar-refractivity contribution in [2.24, 2.45) is 5.41 Å². The smallest absolute Gasteiger partial charge is 0.0726 e. The van der Waals surface area contributed by atoms with Gasteiger partial charge in [-0.25, -0.2) is 0 Å². The molecule has 1 aliphatic carbocycles. The Balaban J connectivity index is 0.00000117. The molecule has 1 heterocycles. The molecule has 2 aromatic carbocycles. The number of nitrogens with one attached hydrogen (secondary N) is 1. The molecule has 1 aromatic heterocycles. The molecule has 0 radical (unpaired) electrons. The molecule has 0 atom stereocenters. The summed E-state index contributed by atoms with van der Waals surface area (Å²) in [5.74, 6) is 0. The van der Waals surface area contributed by atoms with Gasteiger partial charge in [0.05, 0.1) is 5.52 Å². The van der Waals surface area contributed by atoms with Gasteiger partial charge in [-0.05, 0) is 79.0 Å². The Morgan fingerprint density at radius 1 is 1.03 bits per heavy atom. The van der Waals surface area contributed by atoms with Crippen LogP contribution in [0, 0.1) is 12.3 Å². The lowest BCUT2D eigenvalue weighted by atomic mass is 9.89. The Bertz CT molecular complexity index is 1010. The molecule has 0 fully saturated rings. The molecule has 0 unspecified atom stereocenters. The maximum atomic E-state index is 4.62. The van der Waals surface area contributed by atoms with Crippen LogP contribution < -0.4 is 5.32 Å². The SMILES string of the molecule is C=C(CCc1cccc2c1CC(C)(C)C2)Nc1cccc2nc(C)ccc12.CC. The molecule has 4 rings (SSSR count). The van der Waals surface area contributed by atoms with Crippen LogP contribution in [-0.4, -0.2) is 4.98 Å². The molecule has 0 bridgehead atoms. The van der Waals surface area contributed by atoms with Crippen LogP contribution in [0.25, 0.3) is 10.9 Å². The highest BCUT2D eigenvalue weighted by atomic mass is 14.9. The van der Waals surface area contributed by atoms with Crippen molar-refractivity contribution in [1.82, 2.24) is 4.98 Å². The predicted molar refractivity (Wildman–Crippen MR) is 127 cm³/mol. The van der Waals surface area contributed by atoms with E-state index < -0.39 is 0 Å². The van der Waals surface area contributed by atoms with Gasteiger partial charge in [0, 0.05) is 22.5 Å². The van der Waals surface area contributed by atoms with Crippen molar-refractivity contribution >= 4 is 16.6 Å². The Kier molecular flexibility index (Phi) is 6.42. The third-order valence-electron chi connectivity index (χ3n) is 5.57. The molecule has 0 spiro atoms. The lowest BCUT2D eigenvalue weighted by Crippen LogP contribution is -2.10.